The van der Waals surface area contributed by atoms with E-state index in [4.69, 9.17) is 14.2 Å². The van der Waals surface area contributed by atoms with Crippen LogP contribution < -0.4 is 9.47 Å². The third-order valence-electron chi connectivity index (χ3n) is 5.27. The highest BCUT2D eigenvalue weighted by molar-refractivity contribution is 7.12. The molecule has 0 amide bonds. The van der Waals surface area contributed by atoms with E-state index in [0.717, 1.165) is 23.5 Å². The van der Waals surface area contributed by atoms with Crippen LogP contribution in [-0.4, -0.2) is 20.3 Å². The normalized spacial score (nSPS) is 25.7. The van der Waals surface area contributed by atoms with Crippen molar-refractivity contribution in [3.8, 4) is 11.5 Å². The number of thiophene rings is 1. The van der Waals surface area contributed by atoms with Crippen molar-refractivity contribution in [1.29, 1.82) is 0 Å². The van der Waals surface area contributed by atoms with Gasteiger partial charge in [0.15, 0.2) is 0 Å². The molecule has 24 heavy (non-hydrogen) atoms. The van der Waals surface area contributed by atoms with Crippen molar-refractivity contribution >= 4 is 11.3 Å². The first-order chi connectivity index (χ1) is 11.7. The molecule has 0 bridgehead atoms. The van der Waals surface area contributed by atoms with Crippen molar-refractivity contribution in [2.24, 2.45) is 0 Å². The van der Waals surface area contributed by atoms with Crippen LogP contribution >= 0.6 is 11.3 Å². The lowest BCUT2D eigenvalue weighted by molar-refractivity contribution is -0.0382. The van der Waals surface area contributed by atoms with Gasteiger partial charge in [-0.1, -0.05) is 12.8 Å². The average Bonchev–Trinajstić information content (AvgIpc) is 3.02. The van der Waals surface area contributed by atoms with E-state index in [2.05, 4.69) is 19.1 Å². The topological polar surface area (TPSA) is 27.7 Å². The summed E-state index contributed by atoms with van der Waals surface area (Å²) in [6.07, 6.45) is 5.25. The Bertz CT molecular complexity index is 736. The molecule has 4 heteroatoms. The third-order valence-corrected chi connectivity index (χ3v) is 6.46. The molecule has 1 aromatic heterocycles. The fourth-order valence-corrected chi connectivity index (χ4v) is 5.38. The van der Waals surface area contributed by atoms with Gasteiger partial charge >= 0.3 is 0 Å². The lowest BCUT2D eigenvalue weighted by atomic mass is 9.80. The van der Waals surface area contributed by atoms with Crippen LogP contribution in [0.3, 0.4) is 0 Å². The number of benzene rings is 1. The van der Waals surface area contributed by atoms with E-state index >= 15 is 0 Å². The fraction of sp³-hybridized carbons (Fsp3) is 0.500. The van der Waals surface area contributed by atoms with Gasteiger partial charge in [0.05, 0.1) is 20.3 Å². The largest absolute Gasteiger partial charge is 0.497 e. The van der Waals surface area contributed by atoms with Gasteiger partial charge in [-0.2, -0.15) is 0 Å². The molecule has 1 saturated carbocycles. The van der Waals surface area contributed by atoms with E-state index in [1.54, 1.807) is 14.2 Å². The van der Waals surface area contributed by atoms with E-state index in [9.17, 15) is 0 Å². The minimum Gasteiger partial charge on any atom is -0.497 e. The van der Waals surface area contributed by atoms with Crippen molar-refractivity contribution in [2.75, 3.05) is 14.2 Å². The quantitative estimate of drug-likeness (QED) is 0.764. The van der Waals surface area contributed by atoms with Gasteiger partial charge in [-0.05, 0) is 49.6 Å². The van der Waals surface area contributed by atoms with Crippen molar-refractivity contribution < 1.29 is 14.2 Å². The summed E-state index contributed by atoms with van der Waals surface area (Å²) < 4.78 is 17.7. The Labute approximate surface area is 147 Å². The second-order valence-corrected chi connectivity index (χ2v) is 8.02. The van der Waals surface area contributed by atoms with Crippen LogP contribution in [0.4, 0.5) is 0 Å². The zero-order chi connectivity index (χ0) is 16.7. The molecule has 1 fully saturated rings. The van der Waals surface area contributed by atoms with Crippen molar-refractivity contribution in [3.63, 3.8) is 0 Å². The lowest BCUT2D eigenvalue weighted by Gasteiger charge is -2.39. The summed E-state index contributed by atoms with van der Waals surface area (Å²) >= 11 is 1.95. The molecular formula is C20H24O3S. The monoisotopic (exact) mass is 344 g/mol. The molecule has 1 aromatic carbocycles. The number of aryl methyl sites for hydroxylation is 1. The van der Waals surface area contributed by atoms with Gasteiger partial charge < -0.3 is 14.2 Å². The summed E-state index contributed by atoms with van der Waals surface area (Å²) in [6, 6.07) is 8.27. The summed E-state index contributed by atoms with van der Waals surface area (Å²) in [5.74, 6) is 2.28. The Morgan fingerprint density at radius 1 is 1.04 bits per heavy atom. The second-order valence-electron chi connectivity index (χ2n) is 6.73. The van der Waals surface area contributed by atoms with Crippen LogP contribution in [0.2, 0.25) is 0 Å². The number of methoxy groups -OCH3 is 2. The molecule has 0 N–H and O–H groups in total. The van der Waals surface area contributed by atoms with Crippen molar-refractivity contribution in [1.82, 2.24) is 0 Å². The zero-order valence-electron chi connectivity index (χ0n) is 14.5. The first-order valence-corrected chi connectivity index (χ1v) is 9.50. The first kappa shape index (κ1) is 16.0. The molecule has 1 aliphatic carbocycles. The van der Waals surface area contributed by atoms with Crippen LogP contribution in [0.25, 0.3) is 0 Å². The second kappa shape index (κ2) is 6.41. The van der Waals surface area contributed by atoms with E-state index in [0.29, 0.717) is 12.0 Å². The minimum atomic E-state index is -0.0608. The molecule has 1 aliphatic heterocycles. The highest BCUT2D eigenvalue weighted by atomic mass is 32.1. The fourth-order valence-electron chi connectivity index (χ4n) is 4.14. The summed E-state index contributed by atoms with van der Waals surface area (Å²) in [5.41, 5.74) is 2.40. The van der Waals surface area contributed by atoms with Crippen LogP contribution in [0.15, 0.2) is 24.3 Å². The van der Waals surface area contributed by atoms with Gasteiger partial charge in [-0.15, -0.1) is 11.3 Å². The van der Waals surface area contributed by atoms with E-state index < -0.39 is 0 Å². The van der Waals surface area contributed by atoms with E-state index in [1.165, 1.54) is 34.6 Å². The molecule has 2 aromatic rings. The van der Waals surface area contributed by atoms with E-state index in [1.807, 2.05) is 23.5 Å². The Balaban J connectivity index is 1.83. The van der Waals surface area contributed by atoms with Crippen LogP contribution in [-0.2, 0) is 4.74 Å². The minimum absolute atomic E-state index is 0.0608. The molecule has 3 nitrogen and oxygen atoms in total. The van der Waals surface area contributed by atoms with Gasteiger partial charge in [-0.3, -0.25) is 0 Å². The molecule has 0 saturated heterocycles. The smallest absolute Gasteiger partial charge is 0.125 e. The molecular weight excluding hydrogens is 320 g/mol. The van der Waals surface area contributed by atoms with Gasteiger partial charge in [0.1, 0.15) is 17.6 Å². The number of fused-ring (bicyclic) bond motifs is 3. The Hall–Kier alpha value is -1.52. The molecule has 128 valence electrons. The zero-order valence-corrected chi connectivity index (χ0v) is 15.3. The maximum atomic E-state index is 6.63. The van der Waals surface area contributed by atoms with Gasteiger partial charge in [0.2, 0.25) is 0 Å². The van der Waals surface area contributed by atoms with Gasteiger partial charge in [0.25, 0.3) is 0 Å². The predicted molar refractivity (Wildman–Crippen MR) is 96.5 cm³/mol. The SMILES string of the molecule is COc1ccc(OC)c([C@@H]2O[C@@H]3CCCC[C@H]3c3sc(C)cc32)c1. The van der Waals surface area contributed by atoms with E-state index in [-0.39, 0.29) is 6.10 Å². The summed E-state index contributed by atoms with van der Waals surface area (Å²) in [7, 11) is 3.42. The molecule has 0 radical (unpaired) electrons. The number of hydrogen-bond donors (Lipinski definition) is 0. The molecule has 2 aliphatic rings. The Kier molecular flexibility index (Phi) is 4.27. The van der Waals surface area contributed by atoms with Crippen LogP contribution in [0.1, 0.15) is 58.6 Å². The molecule has 0 unspecified atom stereocenters. The van der Waals surface area contributed by atoms with Crippen LogP contribution in [0.5, 0.6) is 11.5 Å². The predicted octanol–water partition coefficient (Wildman–Crippen LogP) is 5.22. The van der Waals surface area contributed by atoms with Gasteiger partial charge in [0, 0.05) is 21.2 Å². The molecule has 0 spiro atoms. The Morgan fingerprint density at radius 2 is 1.88 bits per heavy atom. The number of rotatable bonds is 3. The standard InChI is InChI=1S/C20H24O3S/c1-12-10-16-19(15-11-13(21-2)8-9-17(15)22-3)23-18-7-5-4-6-14(18)20(16)24-12/h8-11,14,18-19H,4-7H2,1-3H3/t14-,18-,19+/m1/s1. The summed E-state index contributed by atoms with van der Waals surface area (Å²) in [5, 5.41) is 0. The van der Waals surface area contributed by atoms with Crippen LogP contribution in [0, 0.1) is 6.92 Å². The first-order valence-electron chi connectivity index (χ1n) is 8.69. The Morgan fingerprint density at radius 3 is 2.67 bits per heavy atom. The molecule has 2 heterocycles. The van der Waals surface area contributed by atoms with Crippen molar-refractivity contribution in [2.45, 2.75) is 50.7 Å². The third kappa shape index (κ3) is 2.62. The summed E-state index contributed by atoms with van der Waals surface area (Å²) in [6.45, 7) is 2.20. The number of hydrogen-bond acceptors (Lipinski definition) is 4. The van der Waals surface area contributed by atoms with Gasteiger partial charge in [-0.25, -0.2) is 0 Å². The van der Waals surface area contributed by atoms with Crippen molar-refractivity contribution in [3.05, 3.63) is 45.1 Å². The summed E-state index contributed by atoms with van der Waals surface area (Å²) in [4.78, 5) is 2.89. The number of ether oxygens (including phenoxy) is 3. The maximum absolute atomic E-state index is 6.63. The highest BCUT2D eigenvalue weighted by Gasteiger charge is 2.40. The maximum Gasteiger partial charge on any atom is 0.125 e. The average molecular weight is 344 g/mol. The molecule has 3 atom stereocenters. The molecule has 4 rings (SSSR count). The lowest BCUT2D eigenvalue weighted by Crippen LogP contribution is -2.32. The highest BCUT2D eigenvalue weighted by Crippen LogP contribution is 2.51.